The van der Waals surface area contributed by atoms with Gasteiger partial charge in [0.05, 0.1) is 13.2 Å². The maximum absolute atomic E-state index is 11.7. The predicted molar refractivity (Wildman–Crippen MR) is 75.8 cm³/mol. The van der Waals surface area contributed by atoms with Gasteiger partial charge in [0, 0.05) is 23.1 Å². The van der Waals surface area contributed by atoms with Gasteiger partial charge in [0.25, 0.3) is 5.91 Å². The summed E-state index contributed by atoms with van der Waals surface area (Å²) in [4.78, 5) is 13.8. The molecule has 0 radical (unpaired) electrons. The minimum absolute atomic E-state index is 0.0764. The van der Waals surface area contributed by atoms with E-state index >= 15 is 0 Å². The molecule has 0 spiro atoms. The third-order valence-corrected chi connectivity index (χ3v) is 2.79. The number of ether oxygens (including phenoxy) is 1. The minimum atomic E-state index is -0.0764. The molecule has 1 N–H and O–H groups in total. The van der Waals surface area contributed by atoms with E-state index in [0.717, 1.165) is 11.0 Å². The summed E-state index contributed by atoms with van der Waals surface area (Å²) in [5.41, 5.74) is 0.651. The van der Waals surface area contributed by atoms with Gasteiger partial charge in [0.15, 0.2) is 0 Å². The van der Waals surface area contributed by atoms with Crippen LogP contribution in [-0.2, 0) is 4.74 Å². The average molecular weight is 315 g/mol. The van der Waals surface area contributed by atoms with E-state index in [9.17, 15) is 4.79 Å². The second kappa shape index (κ2) is 8.24. The predicted octanol–water partition coefficient (Wildman–Crippen LogP) is 1.76. The van der Waals surface area contributed by atoms with Crippen molar-refractivity contribution in [2.45, 2.75) is 0 Å². The summed E-state index contributed by atoms with van der Waals surface area (Å²) in [7, 11) is 4.00. The van der Waals surface area contributed by atoms with E-state index in [1.807, 2.05) is 26.2 Å². The van der Waals surface area contributed by atoms with Gasteiger partial charge in [-0.1, -0.05) is 22.0 Å². The van der Waals surface area contributed by atoms with Crippen molar-refractivity contribution >= 4 is 21.8 Å². The van der Waals surface area contributed by atoms with Crippen LogP contribution in [0.25, 0.3) is 0 Å². The van der Waals surface area contributed by atoms with Crippen LogP contribution in [0.2, 0.25) is 0 Å². The second-order valence-corrected chi connectivity index (χ2v) is 5.10. The zero-order chi connectivity index (χ0) is 13.4. The molecule has 0 atom stereocenters. The van der Waals surface area contributed by atoms with Gasteiger partial charge in [-0.3, -0.25) is 4.79 Å². The van der Waals surface area contributed by atoms with E-state index in [1.54, 1.807) is 12.1 Å². The molecule has 1 aromatic rings. The summed E-state index contributed by atoms with van der Waals surface area (Å²) in [6.07, 6.45) is 0. The fraction of sp³-hybridized carbons (Fsp3) is 0.462. The molecule has 0 fully saturated rings. The molecule has 1 rings (SSSR count). The topological polar surface area (TPSA) is 41.6 Å². The van der Waals surface area contributed by atoms with Crippen LogP contribution < -0.4 is 5.32 Å². The monoisotopic (exact) mass is 314 g/mol. The summed E-state index contributed by atoms with van der Waals surface area (Å²) in [5, 5.41) is 2.82. The lowest BCUT2D eigenvalue weighted by atomic mass is 10.2. The Morgan fingerprint density at radius 3 is 2.83 bits per heavy atom. The maximum atomic E-state index is 11.7. The first kappa shape index (κ1) is 15.1. The van der Waals surface area contributed by atoms with E-state index in [1.165, 1.54) is 0 Å². The molecule has 0 aromatic heterocycles. The zero-order valence-corrected chi connectivity index (χ0v) is 12.4. The summed E-state index contributed by atoms with van der Waals surface area (Å²) >= 11 is 3.34. The Bertz CT molecular complexity index is 383. The minimum Gasteiger partial charge on any atom is -0.378 e. The Labute approximate surface area is 116 Å². The van der Waals surface area contributed by atoms with Crippen molar-refractivity contribution in [2.24, 2.45) is 0 Å². The smallest absolute Gasteiger partial charge is 0.251 e. The molecule has 1 amide bonds. The highest BCUT2D eigenvalue weighted by Crippen LogP contribution is 2.11. The summed E-state index contributed by atoms with van der Waals surface area (Å²) in [6.45, 7) is 2.63. The second-order valence-electron chi connectivity index (χ2n) is 4.18. The van der Waals surface area contributed by atoms with Crippen LogP contribution in [0.5, 0.6) is 0 Å². The van der Waals surface area contributed by atoms with Gasteiger partial charge in [0.1, 0.15) is 0 Å². The van der Waals surface area contributed by atoms with Crippen LogP contribution in [0.4, 0.5) is 0 Å². The summed E-state index contributed by atoms with van der Waals surface area (Å²) < 4.78 is 6.29. The fourth-order valence-corrected chi connectivity index (χ4v) is 1.72. The highest BCUT2D eigenvalue weighted by atomic mass is 79.9. The number of carbonyl (C=O) groups is 1. The normalized spacial score (nSPS) is 10.7. The van der Waals surface area contributed by atoms with Crippen molar-refractivity contribution < 1.29 is 9.53 Å². The van der Waals surface area contributed by atoms with E-state index in [0.29, 0.717) is 25.3 Å². The Kier molecular flexibility index (Phi) is 6.93. The van der Waals surface area contributed by atoms with Crippen molar-refractivity contribution in [3.8, 4) is 0 Å². The SMILES string of the molecule is CN(C)CCOCCNC(=O)c1cccc(Br)c1. The van der Waals surface area contributed by atoms with Crippen LogP contribution >= 0.6 is 15.9 Å². The Morgan fingerprint density at radius 2 is 2.17 bits per heavy atom. The van der Waals surface area contributed by atoms with Gasteiger partial charge in [-0.2, -0.15) is 0 Å². The number of rotatable bonds is 7. The van der Waals surface area contributed by atoms with E-state index in [2.05, 4.69) is 26.1 Å². The van der Waals surface area contributed by atoms with Crippen molar-refractivity contribution in [1.82, 2.24) is 10.2 Å². The molecule has 1 aromatic carbocycles. The van der Waals surface area contributed by atoms with Crippen molar-refractivity contribution in [2.75, 3.05) is 40.4 Å². The average Bonchev–Trinajstić information content (AvgIpc) is 2.33. The van der Waals surface area contributed by atoms with E-state index in [4.69, 9.17) is 4.74 Å². The number of hydrogen-bond acceptors (Lipinski definition) is 3. The number of nitrogens with one attached hydrogen (secondary N) is 1. The van der Waals surface area contributed by atoms with Gasteiger partial charge < -0.3 is 15.0 Å². The highest BCUT2D eigenvalue weighted by Gasteiger charge is 2.04. The van der Waals surface area contributed by atoms with Crippen LogP contribution in [0, 0.1) is 0 Å². The van der Waals surface area contributed by atoms with E-state index < -0.39 is 0 Å². The largest absolute Gasteiger partial charge is 0.378 e. The van der Waals surface area contributed by atoms with Crippen molar-refractivity contribution in [3.05, 3.63) is 34.3 Å². The lowest BCUT2D eigenvalue weighted by Crippen LogP contribution is -2.28. The van der Waals surface area contributed by atoms with Gasteiger partial charge in [0.2, 0.25) is 0 Å². The van der Waals surface area contributed by atoms with Gasteiger partial charge >= 0.3 is 0 Å². The molecule has 0 unspecified atom stereocenters. The lowest BCUT2D eigenvalue weighted by Gasteiger charge is -2.10. The number of nitrogens with zero attached hydrogens (tertiary/aromatic N) is 1. The van der Waals surface area contributed by atoms with Gasteiger partial charge in [-0.15, -0.1) is 0 Å². The fourth-order valence-electron chi connectivity index (χ4n) is 1.32. The first-order chi connectivity index (χ1) is 8.59. The molecular weight excluding hydrogens is 296 g/mol. The molecule has 5 heteroatoms. The summed E-state index contributed by atoms with van der Waals surface area (Å²) in [6, 6.07) is 7.31. The first-order valence-electron chi connectivity index (χ1n) is 5.86. The number of likely N-dealkylation sites (N-methyl/N-ethyl adjacent to an activating group) is 1. The molecule has 0 aliphatic carbocycles. The van der Waals surface area contributed by atoms with Crippen LogP contribution in [0.15, 0.2) is 28.7 Å². The van der Waals surface area contributed by atoms with Crippen LogP contribution in [0.1, 0.15) is 10.4 Å². The molecule has 0 aliphatic rings. The Morgan fingerprint density at radius 1 is 1.39 bits per heavy atom. The Hall–Kier alpha value is -0.910. The first-order valence-corrected chi connectivity index (χ1v) is 6.65. The third-order valence-electron chi connectivity index (χ3n) is 2.30. The van der Waals surface area contributed by atoms with Crippen molar-refractivity contribution in [1.29, 1.82) is 0 Å². The lowest BCUT2D eigenvalue weighted by molar-refractivity contribution is 0.0900. The standard InChI is InChI=1S/C13H19BrN2O2/c1-16(2)7-9-18-8-6-15-13(17)11-4-3-5-12(14)10-11/h3-5,10H,6-9H2,1-2H3,(H,15,17). The highest BCUT2D eigenvalue weighted by molar-refractivity contribution is 9.10. The van der Waals surface area contributed by atoms with Crippen LogP contribution in [0.3, 0.4) is 0 Å². The molecule has 4 nitrogen and oxygen atoms in total. The molecule has 100 valence electrons. The zero-order valence-electron chi connectivity index (χ0n) is 10.8. The third kappa shape index (κ3) is 6.14. The van der Waals surface area contributed by atoms with Gasteiger partial charge in [-0.05, 0) is 32.3 Å². The van der Waals surface area contributed by atoms with Crippen LogP contribution in [-0.4, -0.2) is 51.2 Å². The number of benzene rings is 1. The molecule has 0 saturated carbocycles. The molecule has 0 heterocycles. The molecule has 18 heavy (non-hydrogen) atoms. The number of halogens is 1. The Balaban J connectivity index is 2.18. The number of hydrogen-bond donors (Lipinski definition) is 1. The molecule has 0 aliphatic heterocycles. The number of amides is 1. The quantitative estimate of drug-likeness (QED) is 0.780. The van der Waals surface area contributed by atoms with Gasteiger partial charge in [-0.25, -0.2) is 0 Å². The molecule has 0 saturated heterocycles. The summed E-state index contributed by atoms with van der Waals surface area (Å²) in [5.74, 6) is -0.0764. The molecule has 0 bridgehead atoms. The molecular formula is C13H19BrN2O2. The number of carbonyl (C=O) groups excluding carboxylic acids is 1. The maximum Gasteiger partial charge on any atom is 0.251 e. The van der Waals surface area contributed by atoms with E-state index in [-0.39, 0.29) is 5.91 Å². The van der Waals surface area contributed by atoms with Crippen molar-refractivity contribution in [3.63, 3.8) is 0 Å².